The predicted molar refractivity (Wildman–Crippen MR) is 63.7 cm³/mol. The molecule has 0 spiro atoms. The van der Waals surface area contributed by atoms with Crippen LogP contribution in [0.4, 0.5) is 4.39 Å². The second-order valence-corrected chi connectivity index (χ2v) is 4.82. The Labute approximate surface area is 105 Å². The van der Waals surface area contributed by atoms with E-state index in [1.54, 1.807) is 6.92 Å². The lowest BCUT2D eigenvalue weighted by molar-refractivity contribution is -0.00455. The minimum absolute atomic E-state index is 0.110. The predicted octanol–water partition coefficient (Wildman–Crippen LogP) is 0.703. The maximum absolute atomic E-state index is 13.1. The molecule has 5 heteroatoms. The van der Waals surface area contributed by atoms with Crippen molar-refractivity contribution in [1.82, 2.24) is 4.90 Å². The Morgan fingerprint density at radius 2 is 2.28 bits per heavy atom. The molecule has 0 bridgehead atoms. The van der Waals surface area contributed by atoms with Crippen LogP contribution in [0.3, 0.4) is 0 Å². The molecular formula is C13H16FNO3. The van der Waals surface area contributed by atoms with Gasteiger partial charge in [0.05, 0.1) is 13.2 Å². The molecule has 1 aromatic rings. The average molecular weight is 253 g/mol. The van der Waals surface area contributed by atoms with Gasteiger partial charge in [-0.3, -0.25) is 4.79 Å². The number of likely N-dealkylation sites (tertiary alicyclic amines) is 1. The SMILES string of the molecule is Cc1cc(C(=O)N2CC[C@@](O)(CO)C2)ccc1F. The summed E-state index contributed by atoms with van der Waals surface area (Å²) in [5.74, 6) is -0.595. The second-order valence-electron chi connectivity index (χ2n) is 4.82. The van der Waals surface area contributed by atoms with E-state index in [0.717, 1.165) is 0 Å². The molecule has 1 aliphatic heterocycles. The molecule has 4 nitrogen and oxygen atoms in total. The molecule has 18 heavy (non-hydrogen) atoms. The van der Waals surface area contributed by atoms with Crippen LogP contribution >= 0.6 is 0 Å². The van der Waals surface area contributed by atoms with Gasteiger partial charge in [-0.25, -0.2) is 4.39 Å². The van der Waals surface area contributed by atoms with Gasteiger partial charge in [0, 0.05) is 12.1 Å². The first kappa shape index (κ1) is 13.0. The van der Waals surface area contributed by atoms with E-state index in [-0.39, 0.29) is 24.9 Å². The number of halogens is 1. The summed E-state index contributed by atoms with van der Waals surface area (Å²) >= 11 is 0. The molecule has 0 saturated carbocycles. The van der Waals surface area contributed by atoms with E-state index in [2.05, 4.69) is 0 Å². The molecule has 1 aliphatic rings. The highest BCUT2D eigenvalue weighted by Crippen LogP contribution is 2.22. The molecular weight excluding hydrogens is 237 g/mol. The summed E-state index contributed by atoms with van der Waals surface area (Å²) in [5.41, 5.74) is -0.390. The Kier molecular flexibility index (Phi) is 3.36. The molecule has 1 aromatic carbocycles. The molecule has 98 valence electrons. The van der Waals surface area contributed by atoms with Crippen LogP contribution in [0.1, 0.15) is 22.3 Å². The number of β-amino-alcohol motifs (C(OH)–C–C–N with tert-alkyl or cyclic N) is 1. The summed E-state index contributed by atoms with van der Waals surface area (Å²) < 4.78 is 13.1. The number of hydrogen-bond acceptors (Lipinski definition) is 3. The number of carbonyl (C=O) groups excluding carboxylic acids is 1. The number of benzene rings is 1. The van der Waals surface area contributed by atoms with E-state index in [1.165, 1.54) is 23.1 Å². The standard InChI is InChI=1S/C13H16FNO3/c1-9-6-10(2-3-11(9)14)12(17)15-5-4-13(18,7-15)8-16/h2-3,6,16,18H,4-5,7-8H2,1H3/t13-/m0/s1. The maximum Gasteiger partial charge on any atom is 0.253 e. The van der Waals surface area contributed by atoms with Gasteiger partial charge >= 0.3 is 0 Å². The highest BCUT2D eigenvalue weighted by molar-refractivity contribution is 5.94. The third-order valence-corrected chi connectivity index (χ3v) is 3.32. The Morgan fingerprint density at radius 1 is 1.56 bits per heavy atom. The molecule has 0 aromatic heterocycles. The monoisotopic (exact) mass is 253 g/mol. The topological polar surface area (TPSA) is 60.8 Å². The Bertz CT molecular complexity index is 477. The van der Waals surface area contributed by atoms with E-state index < -0.39 is 5.60 Å². The van der Waals surface area contributed by atoms with Crippen molar-refractivity contribution in [2.45, 2.75) is 18.9 Å². The number of carbonyl (C=O) groups is 1. The largest absolute Gasteiger partial charge is 0.393 e. The molecule has 1 atom stereocenters. The van der Waals surface area contributed by atoms with Crippen molar-refractivity contribution >= 4 is 5.91 Å². The van der Waals surface area contributed by atoms with E-state index in [0.29, 0.717) is 24.1 Å². The summed E-state index contributed by atoms with van der Waals surface area (Å²) in [6.45, 7) is 1.74. The van der Waals surface area contributed by atoms with Crippen LogP contribution in [0.5, 0.6) is 0 Å². The normalized spacial score (nSPS) is 23.4. The van der Waals surface area contributed by atoms with Gasteiger partial charge < -0.3 is 15.1 Å². The van der Waals surface area contributed by atoms with Crippen LogP contribution in [-0.2, 0) is 0 Å². The number of aryl methyl sites for hydroxylation is 1. The van der Waals surface area contributed by atoms with Crippen LogP contribution in [-0.4, -0.2) is 46.3 Å². The van der Waals surface area contributed by atoms with Crippen molar-refractivity contribution in [3.8, 4) is 0 Å². The quantitative estimate of drug-likeness (QED) is 0.815. The van der Waals surface area contributed by atoms with Crippen LogP contribution in [0, 0.1) is 12.7 Å². The number of amides is 1. The molecule has 1 heterocycles. The van der Waals surface area contributed by atoms with Crippen LogP contribution in [0.15, 0.2) is 18.2 Å². The van der Waals surface area contributed by atoms with Gasteiger partial charge in [0.15, 0.2) is 0 Å². The van der Waals surface area contributed by atoms with Gasteiger partial charge in [0.2, 0.25) is 0 Å². The van der Waals surface area contributed by atoms with E-state index in [1.807, 2.05) is 0 Å². The maximum atomic E-state index is 13.1. The number of rotatable bonds is 2. The highest BCUT2D eigenvalue weighted by Gasteiger charge is 2.37. The van der Waals surface area contributed by atoms with E-state index in [4.69, 9.17) is 5.11 Å². The van der Waals surface area contributed by atoms with Gasteiger partial charge in [-0.05, 0) is 37.1 Å². The molecule has 2 N–H and O–H groups in total. The molecule has 2 rings (SSSR count). The summed E-state index contributed by atoms with van der Waals surface area (Å²) in [4.78, 5) is 13.6. The Hall–Kier alpha value is -1.46. The van der Waals surface area contributed by atoms with Gasteiger partial charge in [-0.15, -0.1) is 0 Å². The zero-order valence-electron chi connectivity index (χ0n) is 10.2. The highest BCUT2D eigenvalue weighted by atomic mass is 19.1. The van der Waals surface area contributed by atoms with E-state index >= 15 is 0 Å². The zero-order valence-corrected chi connectivity index (χ0v) is 10.2. The lowest BCUT2D eigenvalue weighted by Crippen LogP contribution is -2.38. The van der Waals surface area contributed by atoms with Crippen molar-refractivity contribution in [2.24, 2.45) is 0 Å². The van der Waals surface area contributed by atoms with Gasteiger partial charge in [0.25, 0.3) is 5.91 Å². The van der Waals surface area contributed by atoms with Crippen LogP contribution in [0.2, 0.25) is 0 Å². The molecule has 0 unspecified atom stereocenters. The summed E-state index contributed by atoms with van der Waals surface area (Å²) in [6.07, 6.45) is 0.357. The zero-order chi connectivity index (χ0) is 13.3. The smallest absolute Gasteiger partial charge is 0.253 e. The average Bonchev–Trinajstić information content (AvgIpc) is 2.75. The fourth-order valence-electron chi connectivity index (χ4n) is 2.12. The third kappa shape index (κ3) is 2.37. The van der Waals surface area contributed by atoms with Crippen molar-refractivity contribution < 1.29 is 19.4 Å². The van der Waals surface area contributed by atoms with Crippen molar-refractivity contribution in [1.29, 1.82) is 0 Å². The number of aliphatic hydroxyl groups excluding tert-OH is 1. The number of aliphatic hydroxyl groups is 2. The van der Waals surface area contributed by atoms with Crippen LogP contribution < -0.4 is 0 Å². The first-order valence-corrected chi connectivity index (χ1v) is 5.84. The fourth-order valence-corrected chi connectivity index (χ4v) is 2.12. The lowest BCUT2D eigenvalue weighted by Gasteiger charge is -2.21. The molecule has 1 saturated heterocycles. The summed E-state index contributed by atoms with van der Waals surface area (Å²) in [7, 11) is 0. The fraction of sp³-hybridized carbons (Fsp3) is 0.462. The first-order chi connectivity index (χ1) is 8.45. The van der Waals surface area contributed by atoms with Gasteiger partial charge in [0.1, 0.15) is 11.4 Å². The summed E-state index contributed by atoms with van der Waals surface area (Å²) in [6, 6.07) is 4.19. The molecule has 0 aliphatic carbocycles. The van der Waals surface area contributed by atoms with Crippen molar-refractivity contribution in [2.75, 3.05) is 19.7 Å². The Balaban J connectivity index is 2.15. The second kappa shape index (κ2) is 4.66. The third-order valence-electron chi connectivity index (χ3n) is 3.32. The van der Waals surface area contributed by atoms with Gasteiger partial charge in [-0.2, -0.15) is 0 Å². The number of hydrogen-bond donors (Lipinski definition) is 2. The van der Waals surface area contributed by atoms with Gasteiger partial charge in [-0.1, -0.05) is 0 Å². The van der Waals surface area contributed by atoms with E-state index in [9.17, 15) is 14.3 Å². The lowest BCUT2D eigenvalue weighted by atomic mass is 10.1. The molecule has 1 fully saturated rings. The van der Waals surface area contributed by atoms with Crippen molar-refractivity contribution in [3.05, 3.63) is 35.1 Å². The Morgan fingerprint density at radius 3 is 2.83 bits per heavy atom. The molecule has 0 radical (unpaired) electrons. The minimum atomic E-state index is -1.20. The first-order valence-electron chi connectivity index (χ1n) is 5.84. The van der Waals surface area contributed by atoms with Crippen LogP contribution in [0.25, 0.3) is 0 Å². The molecule has 1 amide bonds. The minimum Gasteiger partial charge on any atom is -0.393 e. The summed E-state index contributed by atoms with van der Waals surface area (Å²) in [5, 5.41) is 18.9. The number of nitrogens with zero attached hydrogens (tertiary/aromatic N) is 1. The van der Waals surface area contributed by atoms with Crippen molar-refractivity contribution in [3.63, 3.8) is 0 Å².